The lowest BCUT2D eigenvalue weighted by Gasteiger charge is -2.23. The van der Waals surface area contributed by atoms with Gasteiger partial charge in [-0.25, -0.2) is 0 Å². The van der Waals surface area contributed by atoms with Crippen molar-refractivity contribution in [3.05, 3.63) is 22.4 Å². The third-order valence-electron chi connectivity index (χ3n) is 3.48. The fourth-order valence-electron chi connectivity index (χ4n) is 2.42. The van der Waals surface area contributed by atoms with E-state index in [9.17, 15) is 9.59 Å². The number of halogens is 1. The normalized spacial score (nSPS) is 17.4. The molecule has 5 nitrogen and oxygen atoms in total. The standard InChI is InChI=1S/C14H21N3O2S.ClH/c15-7-1-2-8-16-13(18)11-5-3-9-17(11)14(19)12-6-4-10-20-12;/h4,6,10-11H,1-3,5,7-9,15H2,(H,16,18);1H. The summed E-state index contributed by atoms with van der Waals surface area (Å²) >= 11 is 1.42. The summed E-state index contributed by atoms with van der Waals surface area (Å²) in [6.45, 7) is 1.94. The monoisotopic (exact) mass is 331 g/mol. The van der Waals surface area contributed by atoms with E-state index in [0.717, 1.165) is 25.7 Å². The van der Waals surface area contributed by atoms with Gasteiger partial charge in [0.15, 0.2) is 0 Å². The number of nitrogens with one attached hydrogen (secondary N) is 1. The molecule has 2 rings (SSSR count). The summed E-state index contributed by atoms with van der Waals surface area (Å²) in [5, 5.41) is 4.78. The molecule has 2 amide bonds. The Kier molecular flexibility index (Phi) is 7.71. The maximum Gasteiger partial charge on any atom is 0.264 e. The lowest BCUT2D eigenvalue weighted by molar-refractivity contribution is -0.124. The van der Waals surface area contributed by atoms with E-state index in [0.29, 0.717) is 24.5 Å². The van der Waals surface area contributed by atoms with Crippen LogP contribution in [0, 0.1) is 0 Å². The average molecular weight is 332 g/mol. The highest BCUT2D eigenvalue weighted by Crippen LogP contribution is 2.22. The summed E-state index contributed by atoms with van der Waals surface area (Å²) in [6, 6.07) is 3.35. The van der Waals surface area contributed by atoms with Gasteiger partial charge >= 0.3 is 0 Å². The first kappa shape index (κ1) is 17.9. The molecule has 118 valence electrons. The Labute approximate surface area is 135 Å². The van der Waals surface area contributed by atoms with Crippen molar-refractivity contribution in [1.82, 2.24) is 10.2 Å². The molecule has 1 saturated heterocycles. The Hall–Kier alpha value is -1.11. The lowest BCUT2D eigenvalue weighted by atomic mass is 10.2. The molecule has 1 unspecified atom stereocenters. The summed E-state index contributed by atoms with van der Waals surface area (Å²) in [4.78, 5) is 26.9. The fourth-order valence-corrected chi connectivity index (χ4v) is 3.10. The molecule has 2 heterocycles. The number of thiophene rings is 1. The lowest BCUT2D eigenvalue weighted by Crippen LogP contribution is -2.46. The molecule has 21 heavy (non-hydrogen) atoms. The molecule has 3 N–H and O–H groups in total. The maximum atomic E-state index is 12.3. The third-order valence-corrected chi connectivity index (χ3v) is 4.34. The molecule has 1 atom stereocenters. The van der Waals surface area contributed by atoms with E-state index in [1.807, 2.05) is 17.5 Å². The predicted molar refractivity (Wildman–Crippen MR) is 86.9 cm³/mol. The minimum absolute atomic E-state index is 0. The van der Waals surface area contributed by atoms with Crippen LogP contribution in [0.25, 0.3) is 0 Å². The number of hydrogen-bond donors (Lipinski definition) is 2. The minimum Gasteiger partial charge on any atom is -0.354 e. The summed E-state index contributed by atoms with van der Waals surface area (Å²) in [7, 11) is 0. The second kappa shape index (κ2) is 9.02. The molecule has 1 aliphatic rings. The van der Waals surface area contributed by atoms with Crippen LogP contribution in [0.3, 0.4) is 0 Å². The highest BCUT2D eigenvalue weighted by Gasteiger charge is 2.34. The summed E-state index contributed by atoms with van der Waals surface area (Å²) in [5.41, 5.74) is 5.42. The van der Waals surface area contributed by atoms with E-state index >= 15 is 0 Å². The van der Waals surface area contributed by atoms with Gasteiger partial charge in [0.25, 0.3) is 5.91 Å². The Morgan fingerprint density at radius 3 is 2.90 bits per heavy atom. The van der Waals surface area contributed by atoms with Crippen LogP contribution in [0.2, 0.25) is 0 Å². The van der Waals surface area contributed by atoms with Gasteiger partial charge in [-0.3, -0.25) is 9.59 Å². The summed E-state index contributed by atoms with van der Waals surface area (Å²) in [5.74, 6) is -0.0657. The second-order valence-corrected chi connectivity index (χ2v) is 5.87. The van der Waals surface area contributed by atoms with Gasteiger partial charge in [-0.05, 0) is 43.7 Å². The SMILES string of the molecule is Cl.NCCCCNC(=O)C1CCCN1C(=O)c1cccs1. The molecule has 1 fully saturated rings. The van der Waals surface area contributed by atoms with Crippen LogP contribution in [0.1, 0.15) is 35.4 Å². The first-order chi connectivity index (χ1) is 9.74. The maximum absolute atomic E-state index is 12.3. The van der Waals surface area contributed by atoms with Crippen molar-refractivity contribution >= 4 is 35.6 Å². The second-order valence-electron chi connectivity index (χ2n) is 4.92. The number of likely N-dealkylation sites (tertiary alicyclic amines) is 1. The van der Waals surface area contributed by atoms with Crippen molar-refractivity contribution in [1.29, 1.82) is 0 Å². The van der Waals surface area contributed by atoms with Crippen LogP contribution >= 0.6 is 23.7 Å². The number of nitrogens with zero attached hydrogens (tertiary/aromatic N) is 1. The van der Waals surface area contributed by atoms with E-state index < -0.39 is 0 Å². The minimum atomic E-state index is -0.317. The van der Waals surface area contributed by atoms with Crippen LogP contribution < -0.4 is 11.1 Å². The van der Waals surface area contributed by atoms with Gasteiger partial charge in [0.2, 0.25) is 5.91 Å². The molecule has 0 bridgehead atoms. The molecule has 1 aromatic rings. The highest BCUT2D eigenvalue weighted by atomic mass is 35.5. The molecule has 0 radical (unpaired) electrons. The van der Waals surface area contributed by atoms with Crippen LogP contribution in [-0.4, -0.2) is 42.4 Å². The Morgan fingerprint density at radius 2 is 2.24 bits per heavy atom. The van der Waals surface area contributed by atoms with Gasteiger partial charge in [-0.2, -0.15) is 0 Å². The Morgan fingerprint density at radius 1 is 1.43 bits per heavy atom. The Balaban J connectivity index is 0.00000220. The van der Waals surface area contributed by atoms with Crippen molar-refractivity contribution in [3.8, 4) is 0 Å². The van der Waals surface area contributed by atoms with E-state index in [-0.39, 0.29) is 30.3 Å². The zero-order valence-electron chi connectivity index (χ0n) is 11.9. The van der Waals surface area contributed by atoms with E-state index in [1.165, 1.54) is 11.3 Å². The topological polar surface area (TPSA) is 75.4 Å². The fraction of sp³-hybridized carbons (Fsp3) is 0.571. The van der Waals surface area contributed by atoms with Gasteiger partial charge in [0.05, 0.1) is 4.88 Å². The number of rotatable bonds is 6. The van der Waals surface area contributed by atoms with Crippen molar-refractivity contribution in [2.45, 2.75) is 31.7 Å². The number of nitrogens with two attached hydrogens (primary N) is 1. The Bertz CT molecular complexity index is 453. The van der Waals surface area contributed by atoms with Crippen LogP contribution in [0.4, 0.5) is 0 Å². The number of amides is 2. The van der Waals surface area contributed by atoms with E-state index in [1.54, 1.807) is 4.90 Å². The predicted octanol–water partition coefficient (Wildman–Crippen LogP) is 1.63. The van der Waals surface area contributed by atoms with Gasteiger partial charge in [0.1, 0.15) is 6.04 Å². The highest BCUT2D eigenvalue weighted by molar-refractivity contribution is 7.12. The van der Waals surface area contributed by atoms with Gasteiger partial charge in [-0.1, -0.05) is 6.07 Å². The zero-order valence-corrected chi connectivity index (χ0v) is 13.5. The van der Waals surface area contributed by atoms with Crippen LogP contribution in [0.15, 0.2) is 17.5 Å². The van der Waals surface area contributed by atoms with Gasteiger partial charge < -0.3 is 16.0 Å². The molecule has 1 aromatic heterocycles. The molecule has 7 heteroatoms. The molecule has 0 spiro atoms. The molecule has 0 saturated carbocycles. The summed E-state index contributed by atoms with van der Waals surface area (Å²) in [6.07, 6.45) is 3.43. The van der Waals surface area contributed by atoms with Crippen molar-refractivity contribution in [3.63, 3.8) is 0 Å². The smallest absolute Gasteiger partial charge is 0.264 e. The van der Waals surface area contributed by atoms with Crippen LogP contribution in [0.5, 0.6) is 0 Å². The number of carbonyl (C=O) groups excluding carboxylic acids is 2. The van der Waals surface area contributed by atoms with E-state index in [4.69, 9.17) is 5.73 Å². The van der Waals surface area contributed by atoms with Gasteiger partial charge in [-0.15, -0.1) is 23.7 Å². The quantitative estimate of drug-likeness (QED) is 0.778. The van der Waals surface area contributed by atoms with Crippen molar-refractivity contribution in [2.75, 3.05) is 19.6 Å². The van der Waals surface area contributed by atoms with Crippen molar-refractivity contribution in [2.24, 2.45) is 5.73 Å². The molecule has 1 aliphatic heterocycles. The molecular formula is C14H22ClN3O2S. The average Bonchev–Trinajstić information content (AvgIpc) is 3.12. The third kappa shape index (κ3) is 4.69. The van der Waals surface area contributed by atoms with Crippen LogP contribution in [-0.2, 0) is 4.79 Å². The van der Waals surface area contributed by atoms with Gasteiger partial charge in [0, 0.05) is 13.1 Å². The number of unbranched alkanes of at least 4 members (excludes halogenated alkanes) is 1. The molecule has 0 aliphatic carbocycles. The van der Waals surface area contributed by atoms with E-state index in [2.05, 4.69) is 5.32 Å². The number of carbonyl (C=O) groups is 2. The zero-order chi connectivity index (χ0) is 14.4. The first-order valence-corrected chi connectivity index (χ1v) is 7.94. The largest absolute Gasteiger partial charge is 0.354 e. The molecular weight excluding hydrogens is 310 g/mol. The molecule has 0 aromatic carbocycles. The van der Waals surface area contributed by atoms with Crippen molar-refractivity contribution < 1.29 is 9.59 Å². The number of hydrogen-bond acceptors (Lipinski definition) is 4. The summed E-state index contributed by atoms with van der Waals surface area (Å²) < 4.78 is 0. The first-order valence-electron chi connectivity index (χ1n) is 7.06.